The van der Waals surface area contributed by atoms with Crippen LogP contribution in [0.3, 0.4) is 0 Å². The molecule has 0 saturated heterocycles. The molecule has 1 amide bonds. The minimum atomic E-state index is 0.667. The Hall–Kier alpha value is -1.25. The Morgan fingerprint density at radius 1 is 1.75 bits per heavy atom. The summed E-state index contributed by atoms with van der Waals surface area (Å²) in [5.74, 6) is 0.667. The molecule has 1 aromatic rings. The van der Waals surface area contributed by atoms with Crippen LogP contribution in [-0.2, 0) is 4.79 Å². The smallest absolute Gasteiger partial charge is 0.315 e. The van der Waals surface area contributed by atoms with Crippen LogP contribution >= 0.6 is 0 Å². The van der Waals surface area contributed by atoms with Gasteiger partial charge in [0.05, 0.1) is 0 Å². The third kappa shape index (κ3) is 0.872. The molecule has 0 spiro atoms. The number of aromatic amines is 1. The average molecular weight is 109 g/mol. The number of rotatable bonds is 2. The van der Waals surface area contributed by atoms with Gasteiger partial charge in [0.2, 0.25) is 0 Å². The molecule has 0 bridgehead atoms. The van der Waals surface area contributed by atoms with Crippen molar-refractivity contribution in [2.24, 2.45) is 0 Å². The van der Waals surface area contributed by atoms with E-state index < -0.39 is 0 Å². The molecule has 1 radical (unpaired) electrons. The number of H-pyrrole nitrogens is 1. The molecular weight excluding hydrogens is 104 g/mol. The SMILES string of the molecule is O=[C]Nc1ccc[nH]1. The first kappa shape index (κ1) is 4.90. The molecule has 2 N–H and O–H groups in total. The lowest BCUT2D eigenvalue weighted by Crippen LogP contribution is -1.91. The molecule has 0 saturated carbocycles. The first-order valence-electron chi connectivity index (χ1n) is 2.20. The highest BCUT2D eigenvalue weighted by Crippen LogP contribution is 1.97. The zero-order valence-electron chi connectivity index (χ0n) is 4.14. The summed E-state index contributed by atoms with van der Waals surface area (Å²) in [5.41, 5.74) is 0. The number of hydrogen-bond acceptors (Lipinski definition) is 1. The van der Waals surface area contributed by atoms with Crippen LogP contribution in [0, 0.1) is 0 Å². The fourth-order valence-electron chi connectivity index (χ4n) is 0.463. The lowest BCUT2D eigenvalue weighted by atomic mass is 10.6. The summed E-state index contributed by atoms with van der Waals surface area (Å²) in [5, 5.41) is 2.33. The minimum Gasteiger partial charge on any atom is -0.348 e. The van der Waals surface area contributed by atoms with Gasteiger partial charge in [-0.1, -0.05) is 0 Å². The highest BCUT2D eigenvalue weighted by molar-refractivity contribution is 5.69. The van der Waals surface area contributed by atoms with Crippen molar-refractivity contribution in [1.29, 1.82) is 0 Å². The highest BCUT2D eigenvalue weighted by atomic mass is 16.1. The summed E-state index contributed by atoms with van der Waals surface area (Å²) >= 11 is 0. The maximum absolute atomic E-state index is 9.62. The fraction of sp³-hybridized carbons (Fsp3) is 0. The third-order valence-electron chi connectivity index (χ3n) is 0.784. The van der Waals surface area contributed by atoms with Gasteiger partial charge < -0.3 is 10.3 Å². The third-order valence-corrected chi connectivity index (χ3v) is 0.784. The van der Waals surface area contributed by atoms with E-state index in [1.807, 2.05) is 0 Å². The summed E-state index contributed by atoms with van der Waals surface area (Å²) in [6.45, 7) is 0. The molecule has 1 heterocycles. The molecule has 0 unspecified atom stereocenters. The van der Waals surface area contributed by atoms with Gasteiger partial charge in [0.15, 0.2) is 0 Å². The molecular formula is C5H5N2O. The predicted octanol–water partition coefficient (Wildman–Crippen LogP) is 0.494. The van der Waals surface area contributed by atoms with Crippen LogP contribution in [-0.4, -0.2) is 11.4 Å². The lowest BCUT2D eigenvalue weighted by molar-refractivity contribution is 0.561. The van der Waals surface area contributed by atoms with Crippen molar-refractivity contribution in [1.82, 2.24) is 4.98 Å². The normalized spacial score (nSPS) is 8.50. The lowest BCUT2D eigenvalue weighted by Gasteiger charge is -1.85. The first-order chi connectivity index (χ1) is 3.93. The van der Waals surface area contributed by atoms with Crippen molar-refractivity contribution >= 4 is 12.2 Å². The highest BCUT2D eigenvalue weighted by Gasteiger charge is 1.84. The molecule has 3 heteroatoms. The summed E-state index contributed by atoms with van der Waals surface area (Å²) in [7, 11) is 0. The summed E-state index contributed by atoms with van der Waals surface area (Å²) in [4.78, 5) is 12.4. The van der Waals surface area contributed by atoms with Crippen LogP contribution in [0.4, 0.5) is 5.82 Å². The molecule has 0 aliphatic heterocycles. The van der Waals surface area contributed by atoms with Crippen LogP contribution in [0.15, 0.2) is 18.3 Å². The van der Waals surface area contributed by atoms with E-state index in [2.05, 4.69) is 10.3 Å². The molecule has 0 atom stereocenters. The van der Waals surface area contributed by atoms with Crippen LogP contribution in [0.1, 0.15) is 0 Å². The summed E-state index contributed by atoms with van der Waals surface area (Å²) in [6.07, 6.45) is 3.26. The molecule has 0 aliphatic rings. The molecule has 41 valence electrons. The van der Waals surface area contributed by atoms with Crippen molar-refractivity contribution < 1.29 is 4.79 Å². The number of nitrogens with one attached hydrogen (secondary N) is 2. The van der Waals surface area contributed by atoms with E-state index in [1.54, 1.807) is 18.3 Å². The van der Waals surface area contributed by atoms with E-state index in [0.29, 0.717) is 5.82 Å². The summed E-state index contributed by atoms with van der Waals surface area (Å²) < 4.78 is 0. The monoisotopic (exact) mass is 109 g/mol. The number of carbonyl (C=O) groups excluding carboxylic acids is 1. The van der Waals surface area contributed by atoms with Crippen LogP contribution in [0.5, 0.6) is 0 Å². The van der Waals surface area contributed by atoms with E-state index in [4.69, 9.17) is 0 Å². The van der Waals surface area contributed by atoms with Gasteiger partial charge in [-0.25, -0.2) is 0 Å². The topological polar surface area (TPSA) is 44.9 Å². The Kier molecular flexibility index (Phi) is 1.32. The zero-order valence-corrected chi connectivity index (χ0v) is 4.14. The fourth-order valence-corrected chi connectivity index (χ4v) is 0.463. The minimum absolute atomic E-state index is 0.667. The quantitative estimate of drug-likeness (QED) is 0.533. The van der Waals surface area contributed by atoms with E-state index in [-0.39, 0.29) is 0 Å². The Morgan fingerprint density at radius 2 is 2.62 bits per heavy atom. The van der Waals surface area contributed by atoms with E-state index in [9.17, 15) is 4.79 Å². The van der Waals surface area contributed by atoms with Gasteiger partial charge in [0.25, 0.3) is 0 Å². The second kappa shape index (κ2) is 2.16. The van der Waals surface area contributed by atoms with Crippen molar-refractivity contribution in [3.63, 3.8) is 0 Å². The first-order valence-corrected chi connectivity index (χ1v) is 2.20. The Morgan fingerprint density at radius 3 is 3.12 bits per heavy atom. The standard InChI is InChI=1S/C5H5N2O/c8-4-7-5-2-1-3-6-5/h1-3,6H,(H,7,8). The average Bonchev–Trinajstić information content (AvgIpc) is 2.19. The van der Waals surface area contributed by atoms with Gasteiger partial charge in [-0.15, -0.1) is 0 Å². The zero-order chi connectivity index (χ0) is 5.82. The molecule has 1 aromatic heterocycles. The maximum atomic E-state index is 9.62. The second-order valence-electron chi connectivity index (χ2n) is 1.31. The van der Waals surface area contributed by atoms with E-state index in [1.165, 1.54) is 6.41 Å². The largest absolute Gasteiger partial charge is 0.348 e. The van der Waals surface area contributed by atoms with E-state index >= 15 is 0 Å². The van der Waals surface area contributed by atoms with Gasteiger partial charge in [0.1, 0.15) is 5.82 Å². The summed E-state index contributed by atoms with van der Waals surface area (Å²) in [6, 6.07) is 3.53. The van der Waals surface area contributed by atoms with Crippen molar-refractivity contribution in [3.8, 4) is 0 Å². The van der Waals surface area contributed by atoms with Crippen molar-refractivity contribution in [2.45, 2.75) is 0 Å². The number of aromatic nitrogens is 1. The van der Waals surface area contributed by atoms with Gasteiger partial charge in [0, 0.05) is 6.20 Å². The van der Waals surface area contributed by atoms with Crippen molar-refractivity contribution in [2.75, 3.05) is 5.32 Å². The van der Waals surface area contributed by atoms with Crippen molar-refractivity contribution in [3.05, 3.63) is 18.3 Å². The predicted molar refractivity (Wildman–Crippen MR) is 30.1 cm³/mol. The van der Waals surface area contributed by atoms with Gasteiger partial charge in [-0.2, -0.15) is 0 Å². The van der Waals surface area contributed by atoms with E-state index in [0.717, 1.165) is 0 Å². The Balaban J connectivity index is 2.62. The molecule has 1 rings (SSSR count). The van der Waals surface area contributed by atoms with Gasteiger partial charge in [-0.05, 0) is 12.1 Å². The van der Waals surface area contributed by atoms with Crippen LogP contribution in [0.25, 0.3) is 0 Å². The second-order valence-corrected chi connectivity index (χ2v) is 1.31. The molecule has 0 fully saturated rings. The maximum Gasteiger partial charge on any atom is 0.315 e. The number of hydrogen-bond donors (Lipinski definition) is 2. The molecule has 8 heavy (non-hydrogen) atoms. The number of anilines is 1. The molecule has 0 aromatic carbocycles. The van der Waals surface area contributed by atoms with Gasteiger partial charge in [-0.3, -0.25) is 4.79 Å². The Bertz CT molecular complexity index is 157. The van der Waals surface area contributed by atoms with Crippen LogP contribution in [0.2, 0.25) is 0 Å². The molecule has 0 aliphatic carbocycles. The molecule has 3 nitrogen and oxygen atoms in total. The van der Waals surface area contributed by atoms with Crippen LogP contribution < -0.4 is 5.32 Å². The number of amides is 1. The van der Waals surface area contributed by atoms with Gasteiger partial charge >= 0.3 is 6.41 Å². The Labute approximate surface area is 46.7 Å².